The number of carbonyl (C=O) groups excluding carboxylic acids is 2. The van der Waals surface area contributed by atoms with Crippen LogP contribution in [0.25, 0.3) is 5.57 Å². The van der Waals surface area contributed by atoms with E-state index >= 15 is 0 Å². The van der Waals surface area contributed by atoms with Crippen LogP contribution in [-0.4, -0.2) is 36.3 Å². The first kappa shape index (κ1) is 19.2. The molecule has 1 aromatic carbocycles. The van der Waals surface area contributed by atoms with Crippen molar-refractivity contribution in [2.24, 2.45) is 11.3 Å². The van der Waals surface area contributed by atoms with Crippen molar-refractivity contribution in [1.82, 2.24) is 10.2 Å². The zero-order valence-corrected chi connectivity index (χ0v) is 15.8. The molecule has 0 aromatic heterocycles. The Balaban J connectivity index is 1.92. The van der Waals surface area contributed by atoms with Crippen LogP contribution in [0.2, 0.25) is 0 Å². The van der Waals surface area contributed by atoms with E-state index in [0.29, 0.717) is 19.0 Å². The summed E-state index contributed by atoms with van der Waals surface area (Å²) in [6, 6.07) is 9.96. The number of rotatable bonds is 4. The monoisotopic (exact) mass is 342 g/mol. The zero-order valence-electron chi connectivity index (χ0n) is 15.8. The minimum Gasteiger partial charge on any atom is -0.355 e. The molecule has 0 radical (unpaired) electrons. The molecule has 4 nitrogen and oxygen atoms in total. The van der Waals surface area contributed by atoms with Gasteiger partial charge in [0.2, 0.25) is 11.8 Å². The van der Waals surface area contributed by atoms with Crippen LogP contribution in [0, 0.1) is 11.3 Å². The predicted octanol–water partition coefficient (Wildman–Crippen LogP) is 3.49. The molecule has 1 fully saturated rings. The van der Waals surface area contributed by atoms with Crippen LogP contribution >= 0.6 is 0 Å². The van der Waals surface area contributed by atoms with Crippen molar-refractivity contribution in [3.63, 3.8) is 0 Å². The van der Waals surface area contributed by atoms with Crippen LogP contribution in [0.15, 0.2) is 36.4 Å². The van der Waals surface area contributed by atoms with Crippen molar-refractivity contribution in [3.8, 4) is 0 Å². The van der Waals surface area contributed by atoms with Crippen molar-refractivity contribution in [2.75, 3.05) is 19.6 Å². The number of hydrogen-bond acceptors (Lipinski definition) is 2. The zero-order chi connectivity index (χ0) is 18.4. The molecule has 1 aliphatic heterocycles. The molecule has 0 aliphatic carbocycles. The Morgan fingerprint density at radius 3 is 2.56 bits per heavy atom. The Kier molecular flexibility index (Phi) is 6.40. The highest BCUT2D eigenvalue weighted by Gasteiger charge is 2.25. The lowest BCUT2D eigenvalue weighted by molar-refractivity contribution is -0.129. The maximum absolute atomic E-state index is 12.6. The summed E-state index contributed by atoms with van der Waals surface area (Å²) in [6.45, 7) is 9.85. The second-order valence-corrected chi connectivity index (χ2v) is 7.95. The van der Waals surface area contributed by atoms with Crippen LogP contribution in [0.1, 0.15) is 46.1 Å². The van der Waals surface area contributed by atoms with Crippen molar-refractivity contribution in [3.05, 3.63) is 42.0 Å². The van der Waals surface area contributed by atoms with Crippen LogP contribution in [0.5, 0.6) is 0 Å². The average Bonchev–Trinajstić information content (AvgIpc) is 2.59. The fourth-order valence-corrected chi connectivity index (χ4v) is 2.99. The molecule has 2 rings (SSSR count). The number of nitrogens with zero attached hydrogens (tertiary/aromatic N) is 1. The number of hydrogen-bond donors (Lipinski definition) is 1. The maximum Gasteiger partial charge on any atom is 0.246 e. The van der Waals surface area contributed by atoms with Gasteiger partial charge in [-0.3, -0.25) is 9.59 Å². The minimum atomic E-state index is -0.375. The van der Waals surface area contributed by atoms with E-state index in [-0.39, 0.29) is 17.2 Å². The van der Waals surface area contributed by atoms with Gasteiger partial charge in [-0.2, -0.15) is 0 Å². The molecule has 1 heterocycles. The summed E-state index contributed by atoms with van der Waals surface area (Å²) in [6.07, 6.45) is 3.76. The number of allylic oxidation sites excluding steroid dienone is 1. The fraction of sp³-hybridized carbons (Fsp3) is 0.524. The lowest BCUT2D eigenvalue weighted by Crippen LogP contribution is -2.45. The van der Waals surface area contributed by atoms with Crippen LogP contribution in [0.3, 0.4) is 0 Å². The molecular formula is C21H30N2O2. The molecule has 0 spiro atoms. The van der Waals surface area contributed by atoms with Gasteiger partial charge >= 0.3 is 0 Å². The molecule has 1 N–H and O–H groups in total. The van der Waals surface area contributed by atoms with Gasteiger partial charge in [0.1, 0.15) is 0 Å². The van der Waals surface area contributed by atoms with Crippen molar-refractivity contribution >= 4 is 17.4 Å². The molecule has 1 saturated heterocycles. The third kappa shape index (κ3) is 5.73. The number of piperidine rings is 1. The van der Waals surface area contributed by atoms with Gasteiger partial charge in [-0.05, 0) is 36.8 Å². The number of nitrogens with one attached hydrogen (secondary N) is 1. The Labute approximate surface area is 151 Å². The molecule has 0 saturated carbocycles. The van der Waals surface area contributed by atoms with Gasteiger partial charge in [0.15, 0.2) is 0 Å². The number of benzene rings is 1. The van der Waals surface area contributed by atoms with Crippen molar-refractivity contribution in [1.29, 1.82) is 0 Å². The van der Waals surface area contributed by atoms with Crippen molar-refractivity contribution in [2.45, 2.75) is 40.5 Å². The number of amides is 2. The molecule has 1 unspecified atom stereocenters. The first-order valence-electron chi connectivity index (χ1n) is 9.08. The van der Waals surface area contributed by atoms with E-state index in [1.807, 2.05) is 62.9 Å². The minimum absolute atomic E-state index is 0.0631. The van der Waals surface area contributed by atoms with Gasteiger partial charge < -0.3 is 10.2 Å². The van der Waals surface area contributed by atoms with Gasteiger partial charge in [-0.1, -0.05) is 51.1 Å². The molecule has 0 bridgehead atoms. The normalized spacial score (nSPS) is 18.8. The standard InChI is InChI=1S/C21H30N2O2/c1-16(18-10-6-5-7-11-18)13-19(24)23-12-8-9-17(15-23)14-22-20(25)21(2,3)4/h5-7,10-11,13,17H,8-9,12,14-15H2,1-4H3,(H,22,25). The first-order valence-corrected chi connectivity index (χ1v) is 9.08. The van der Waals surface area contributed by atoms with Gasteiger partial charge in [-0.15, -0.1) is 0 Å². The Morgan fingerprint density at radius 2 is 1.92 bits per heavy atom. The predicted molar refractivity (Wildman–Crippen MR) is 102 cm³/mol. The van der Waals surface area contributed by atoms with Crippen LogP contribution in [0.4, 0.5) is 0 Å². The molecule has 136 valence electrons. The second-order valence-electron chi connectivity index (χ2n) is 7.95. The second kappa shape index (κ2) is 8.32. The molecule has 1 aliphatic rings. The first-order chi connectivity index (χ1) is 11.8. The summed E-state index contributed by atoms with van der Waals surface area (Å²) in [5, 5.41) is 3.03. The smallest absolute Gasteiger partial charge is 0.246 e. The number of carbonyl (C=O) groups is 2. The summed E-state index contributed by atoms with van der Waals surface area (Å²) in [5.74, 6) is 0.457. The lowest BCUT2D eigenvalue weighted by Gasteiger charge is -2.33. The highest BCUT2D eigenvalue weighted by Crippen LogP contribution is 2.19. The Bertz CT molecular complexity index is 629. The summed E-state index contributed by atoms with van der Waals surface area (Å²) >= 11 is 0. The van der Waals surface area contributed by atoms with E-state index in [4.69, 9.17) is 0 Å². The molecule has 2 amide bonds. The van der Waals surface area contributed by atoms with Gasteiger partial charge in [0, 0.05) is 31.1 Å². The fourth-order valence-electron chi connectivity index (χ4n) is 2.99. The summed E-state index contributed by atoms with van der Waals surface area (Å²) in [7, 11) is 0. The van der Waals surface area contributed by atoms with E-state index in [1.165, 1.54) is 0 Å². The third-order valence-electron chi connectivity index (χ3n) is 4.63. The summed E-state index contributed by atoms with van der Waals surface area (Å²) in [4.78, 5) is 26.5. The average molecular weight is 342 g/mol. The molecule has 1 atom stereocenters. The van der Waals surface area contributed by atoms with Crippen LogP contribution in [-0.2, 0) is 9.59 Å². The largest absolute Gasteiger partial charge is 0.355 e. The molecular weight excluding hydrogens is 312 g/mol. The Morgan fingerprint density at radius 1 is 1.24 bits per heavy atom. The maximum atomic E-state index is 12.6. The van der Waals surface area contributed by atoms with E-state index in [9.17, 15) is 9.59 Å². The molecule has 25 heavy (non-hydrogen) atoms. The summed E-state index contributed by atoms with van der Waals surface area (Å²) in [5.41, 5.74) is 1.68. The highest BCUT2D eigenvalue weighted by atomic mass is 16.2. The van der Waals surface area contributed by atoms with Crippen LogP contribution < -0.4 is 5.32 Å². The quantitative estimate of drug-likeness (QED) is 0.852. The Hall–Kier alpha value is -2.10. The van der Waals surface area contributed by atoms with Gasteiger partial charge in [-0.25, -0.2) is 0 Å². The third-order valence-corrected chi connectivity index (χ3v) is 4.63. The lowest BCUT2D eigenvalue weighted by atomic mass is 9.94. The summed E-state index contributed by atoms with van der Waals surface area (Å²) < 4.78 is 0. The van der Waals surface area contributed by atoms with E-state index < -0.39 is 0 Å². The molecule has 4 heteroatoms. The van der Waals surface area contributed by atoms with Crippen molar-refractivity contribution < 1.29 is 9.59 Å². The van der Waals surface area contributed by atoms with Gasteiger partial charge in [0.25, 0.3) is 0 Å². The molecule has 1 aromatic rings. The van der Waals surface area contributed by atoms with Gasteiger partial charge in [0.05, 0.1) is 0 Å². The SMILES string of the molecule is CC(=CC(=O)N1CCCC(CNC(=O)C(C)(C)C)C1)c1ccccc1. The topological polar surface area (TPSA) is 49.4 Å². The number of likely N-dealkylation sites (tertiary alicyclic amines) is 1. The highest BCUT2D eigenvalue weighted by molar-refractivity contribution is 5.94. The van der Waals surface area contributed by atoms with E-state index in [2.05, 4.69) is 5.32 Å². The van der Waals surface area contributed by atoms with E-state index in [1.54, 1.807) is 6.08 Å². The van der Waals surface area contributed by atoms with E-state index in [0.717, 1.165) is 30.5 Å².